The second kappa shape index (κ2) is 3.25. The molecule has 1 aromatic rings. The van der Waals surface area contributed by atoms with E-state index in [9.17, 15) is 9.59 Å². The van der Waals surface area contributed by atoms with Crippen LogP contribution < -0.4 is 0 Å². The molecule has 0 unspecified atom stereocenters. The van der Waals surface area contributed by atoms with Gasteiger partial charge in [-0.05, 0) is 18.9 Å². The fraction of sp³-hybridized carbons (Fsp3) is 0.333. The van der Waals surface area contributed by atoms with Crippen LogP contribution in [0.5, 0.6) is 0 Å². The number of carboxylic acid groups (broad SMARTS) is 1. The van der Waals surface area contributed by atoms with E-state index in [-0.39, 0.29) is 11.3 Å². The Morgan fingerprint density at radius 2 is 2.20 bits per heavy atom. The molecule has 6 heteroatoms. The van der Waals surface area contributed by atoms with Gasteiger partial charge >= 0.3 is 5.97 Å². The molecule has 0 atom stereocenters. The highest BCUT2D eigenvalue weighted by atomic mass is 35.5. The van der Waals surface area contributed by atoms with E-state index in [4.69, 9.17) is 28.3 Å². The molecule has 15 heavy (non-hydrogen) atoms. The van der Waals surface area contributed by atoms with Crippen molar-refractivity contribution in [1.82, 2.24) is 4.98 Å². The highest BCUT2D eigenvalue weighted by molar-refractivity contribution is 6.60. The molecule has 1 heterocycles. The lowest BCUT2D eigenvalue weighted by atomic mass is 9.96. The second-order valence-corrected chi connectivity index (χ2v) is 4.90. The van der Waals surface area contributed by atoms with E-state index >= 15 is 0 Å². The van der Waals surface area contributed by atoms with Gasteiger partial charge in [-0.15, -0.1) is 0 Å². The number of nitrogens with one attached hydrogen (secondary N) is 1. The van der Waals surface area contributed by atoms with E-state index in [0.717, 1.165) is 0 Å². The molecule has 80 valence electrons. The first-order valence-corrected chi connectivity index (χ1v) is 5.05. The number of fused-ring (bicyclic) bond motifs is 1. The third kappa shape index (κ3) is 1.64. The number of hydrogen-bond donors (Lipinski definition) is 2. The number of rotatable bonds is 1. The van der Waals surface area contributed by atoms with Crippen molar-refractivity contribution in [2.45, 2.75) is 17.2 Å². The van der Waals surface area contributed by atoms with Crippen LogP contribution in [0.1, 0.15) is 33.0 Å². The number of carbonyl (C=O) groups excluding carboxylic acids is 1. The predicted molar refractivity (Wildman–Crippen MR) is 54.8 cm³/mol. The highest BCUT2D eigenvalue weighted by Gasteiger charge is 2.40. The van der Waals surface area contributed by atoms with Gasteiger partial charge in [0.15, 0.2) is 4.33 Å². The number of ketones is 1. The van der Waals surface area contributed by atoms with Crippen LogP contribution in [0.25, 0.3) is 0 Å². The number of aromatic nitrogens is 1. The second-order valence-electron chi connectivity index (χ2n) is 3.41. The minimum Gasteiger partial charge on any atom is -0.477 e. The number of carboxylic acids is 1. The predicted octanol–water partition coefficient (Wildman–Crippen LogP) is 2.02. The zero-order valence-electron chi connectivity index (χ0n) is 7.51. The third-order valence-electron chi connectivity index (χ3n) is 2.40. The Bertz CT molecular complexity index is 450. The SMILES string of the molecule is O=C(O)c1cc2c([nH]1)CCC(Cl)(Cl)C2=O. The Balaban J connectivity index is 2.49. The van der Waals surface area contributed by atoms with Crippen LogP contribution in [0.3, 0.4) is 0 Å². The molecule has 2 N–H and O–H groups in total. The largest absolute Gasteiger partial charge is 0.477 e. The zero-order chi connectivity index (χ0) is 11.2. The number of hydrogen-bond acceptors (Lipinski definition) is 2. The molecule has 0 saturated carbocycles. The summed E-state index contributed by atoms with van der Waals surface area (Å²) >= 11 is 11.6. The van der Waals surface area contributed by atoms with Gasteiger partial charge in [0.1, 0.15) is 5.69 Å². The van der Waals surface area contributed by atoms with E-state index in [1.54, 1.807) is 0 Å². The van der Waals surface area contributed by atoms with Crippen LogP contribution in [0, 0.1) is 0 Å². The summed E-state index contributed by atoms with van der Waals surface area (Å²) in [6.07, 6.45) is 0.767. The lowest BCUT2D eigenvalue weighted by molar-refractivity contribution is 0.0691. The average molecular weight is 248 g/mol. The van der Waals surface area contributed by atoms with Gasteiger partial charge in [0.05, 0.1) is 0 Å². The summed E-state index contributed by atoms with van der Waals surface area (Å²) in [7, 11) is 0. The molecule has 2 rings (SSSR count). The molecule has 1 aliphatic carbocycles. The van der Waals surface area contributed by atoms with Crippen molar-refractivity contribution in [1.29, 1.82) is 0 Å². The van der Waals surface area contributed by atoms with E-state index in [1.165, 1.54) is 6.07 Å². The van der Waals surface area contributed by atoms with Crippen molar-refractivity contribution in [3.8, 4) is 0 Å². The van der Waals surface area contributed by atoms with Crippen molar-refractivity contribution in [2.24, 2.45) is 0 Å². The van der Waals surface area contributed by atoms with Gasteiger partial charge in [0.25, 0.3) is 0 Å². The van der Waals surface area contributed by atoms with E-state index < -0.39 is 16.1 Å². The molecular weight excluding hydrogens is 241 g/mol. The van der Waals surface area contributed by atoms with Gasteiger partial charge in [0, 0.05) is 11.3 Å². The van der Waals surface area contributed by atoms with E-state index in [1.807, 2.05) is 0 Å². The summed E-state index contributed by atoms with van der Waals surface area (Å²) in [5.41, 5.74) is 0.859. The molecule has 0 amide bonds. The number of halogens is 2. The monoisotopic (exact) mass is 247 g/mol. The van der Waals surface area contributed by atoms with Gasteiger partial charge in [-0.3, -0.25) is 4.79 Å². The maximum Gasteiger partial charge on any atom is 0.352 e. The molecule has 0 radical (unpaired) electrons. The molecular formula is C9H7Cl2NO3. The number of aryl methyl sites for hydroxylation is 1. The van der Waals surface area contributed by atoms with Crippen molar-refractivity contribution in [3.63, 3.8) is 0 Å². The van der Waals surface area contributed by atoms with Crippen molar-refractivity contribution < 1.29 is 14.7 Å². The van der Waals surface area contributed by atoms with E-state index in [0.29, 0.717) is 18.5 Å². The lowest BCUT2D eigenvalue weighted by Crippen LogP contribution is -2.31. The molecule has 0 aromatic carbocycles. The van der Waals surface area contributed by atoms with Crippen LogP contribution in [0.4, 0.5) is 0 Å². The number of aromatic amines is 1. The minimum absolute atomic E-state index is 0.0145. The first kappa shape index (κ1) is 10.5. The smallest absolute Gasteiger partial charge is 0.352 e. The van der Waals surface area contributed by atoms with Gasteiger partial charge in [-0.2, -0.15) is 0 Å². The first-order chi connectivity index (χ1) is 6.92. The summed E-state index contributed by atoms with van der Waals surface area (Å²) in [5, 5.41) is 8.74. The van der Waals surface area contributed by atoms with Gasteiger partial charge < -0.3 is 10.1 Å². The fourth-order valence-corrected chi connectivity index (χ4v) is 2.00. The highest BCUT2D eigenvalue weighted by Crippen LogP contribution is 2.37. The van der Waals surface area contributed by atoms with Crippen molar-refractivity contribution in [2.75, 3.05) is 0 Å². The summed E-state index contributed by atoms with van der Waals surface area (Å²) in [6, 6.07) is 1.28. The number of aromatic carboxylic acids is 1. The Labute approximate surface area is 95.2 Å². The summed E-state index contributed by atoms with van der Waals surface area (Å²) in [6.45, 7) is 0. The van der Waals surface area contributed by atoms with Crippen LogP contribution in [0.2, 0.25) is 0 Å². The normalized spacial score (nSPS) is 18.7. The van der Waals surface area contributed by atoms with Crippen LogP contribution in [-0.4, -0.2) is 26.2 Å². The molecule has 0 bridgehead atoms. The Morgan fingerprint density at radius 1 is 1.53 bits per heavy atom. The number of carbonyl (C=O) groups is 2. The first-order valence-electron chi connectivity index (χ1n) is 4.29. The maximum atomic E-state index is 11.7. The Morgan fingerprint density at radius 3 is 2.80 bits per heavy atom. The summed E-state index contributed by atoms with van der Waals surface area (Å²) in [5.74, 6) is -1.54. The van der Waals surface area contributed by atoms with Crippen LogP contribution in [0.15, 0.2) is 6.07 Å². The average Bonchev–Trinajstić information content (AvgIpc) is 2.56. The molecule has 4 nitrogen and oxygen atoms in total. The summed E-state index contributed by atoms with van der Waals surface area (Å²) < 4.78 is -1.43. The maximum absolute atomic E-state index is 11.7. The van der Waals surface area contributed by atoms with E-state index in [2.05, 4.69) is 4.98 Å². The van der Waals surface area contributed by atoms with Gasteiger partial charge in [-0.1, -0.05) is 23.2 Å². The Kier molecular flexibility index (Phi) is 2.28. The standard InChI is InChI=1S/C9H7Cl2NO3/c10-9(11)2-1-5-4(7(9)13)3-6(12-5)8(14)15/h3,12H,1-2H2,(H,14,15). The molecule has 1 aromatic heterocycles. The van der Waals surface area contributed by atoms with Gasteiger partial charge in [-0.25, -0.2) is 4.79 Å². The number of H-pyrrole nitrogens is 1. The molecule has 0 spiro atoms. The van der Waals surface area contributed by atoms with Crippen LogP contribution in [-0.2, 0) is 6.42 Å². The molecule has 0 aliphatic heterocycles. The zero-order valence-corrected chi connectivity index (χ0v) is 9.02. The fourth-order valence-electron chi connectivity index (χ4n) is 1.60. The summed E-state index contributed by atoms with van der Waals surface area (Å²) in [4.78, 5) is 25.0. The number of Topliss-reactive ketones (excluding diaryl/α,β-unsaturated/α-hetero) is 1. The van der Waals surface area contributed by atoms with Crippen molar-refractivity contribution in [3.05, 3.63) is 23.0 Å². The Hall–Kier alpha value is -1.00. The third-order valence-corrected chi connectivity index (χ3v) is 3.12. The van der Waals surface area contributed by atoms with Gasteiger partial charge in [0.2, 0.25) is 5.78 Å². The molecule has 0 saturated heterocycles. The minimum atomic E-state index is -1.43. The quantitative estimate of drug-likeness (QED) is 0.747. The molecule has 1 aliphatic rings. The topological polar surface area (TPSA) is 70.2 Å². The lowest BCUT2D eigenvalue weighted by Gasteiger charge is -2.22. The number of alkyl halides is 2. The van der Waals surface area contributed by atoms with Crippen molar-refractivity contribution >= 4 is 35.0 Å². The van der Waals surface area contributed by atoms with Crippen LogP contribution >= 0.6 is 23.2 Å². The molecule has 0 fully saturated rings.